The maximum Gasteiger partial charge on any atom is 0.277 e. The van der Waals surface area contributed by atoms with Crippen molar-refractivity contribution in [3.05, 3.63) is 20.8 Å². The minimum atomic E-state index is -3.04. The van der Waals surface area contributed by atoms with E-state index in [1.807, 2.05) is 6.07 Å². The molecule has 0 aliphatic rings. The van der Waals surface area contributed by atoms with E-state index in [-0.39, 0.29) is 18.8 Å². The van der Waals surface area contributed by atoms with E-state index in [2.05, 4.69) is 21.2 Å². The molecule has 1 heterocycles. The van der Waals surface area contributed by atoms with E-state index in [0.717, 1.165) is 8.66 Å². The summed E-state index contributed by atoms with van der Waals surface area (Å²) >= 11 is 4.65. The Morgan fingerprint density at radius 2 is 2.18 bits per heavy atom. The largest absolute Gasteiger partial charge is 0.350 e. The highest BCUT2D eigenvalue weighted by atomic mass is 79.9. The van der Waals surface area contributed by atoms with Crippen LogP contribution >= 0.6 is 39.7 Å². The van der Waals surface area contributed by atoms with Gasteiger partial charge in [-0.1, -0.05) is 0 Å². The van der Waals surface area contributed by atoms with E-state index in [9.17, 15) is 13.6 Å². The van der Waals surface area contributed by atoms with Gasteiger partial charge in [0.1, 0.15) is 0 Å². The molecule has 0 atom stereocenters. The molecule has 0 unspecified atom stereocenters. The Kier molecular flexibility index (Phi) is 7.15. The van der Waals surface area contributed by atoms with Crippen molar-refractivity contribution in [1.29, 1.82) is 0 Å². The Balaban J connectivity index is 0.00000256. The smallest absolute Gasteiger partial charge is 0.277 e. The van der Waals surface area contributed by atoms with Crippen molar-refractivity contribution in [2.45, 2.75) is 12.3 Å². The maximum absolute atomic E-state index is 12.7. The first-order valence-corrected chi connectivity index (χ1v) is 6.13. The van der Waals surface area contributed by atoms with Gasteiger partial charge in [0.25, 0.3) is 5.92 Å². The number of rotatable bonds is 5. The third-order valence-corrected chi connectivity index (χ3v) is 3.43. The summed E-state index contributed by atoms with van der Waals surface area (Å²) in [5, 5.41) is 2.15. The molecular weight excluding hydrogens is 338 g/mol. The lowest BCUT2D eigenvalue weighted by atomic mass is 10.3. The molecule has 1 aromatic rings. The SMILES string of the molecule is Cl.NCC(F)(F)CNC(=O)Cc1ccc(Br)s1. The van der Waals surface area contributed by atoms with Crippen LogP contribution in [0.3, 0.4) is 0 Å². The Labute approximate surface area is 116 Å². The molecule has 98 valence electrons. The molecule has 0 aliphatic heterocycles. The van der Waals surface area contributed by atoms with E-state index in [1.165, 1.54) is 11.3 Å². The number of alkyl halides is 2. The molecule has 0 fully saturated rings. The lowest BCUT2D eigenvalue weighted by Crippen LogP contribution is -2.41. The Morgan fingerprint density at radius 1 is 1.53 bits per heavy atom. The molecule has 1 amide bonds. The van der Waals surface area contributed by atoms with Gasteiger partial charge in [0, 0.05) is 4.88 Å². The monoisotopic (exact) mass is 348 g/mol. The molecule has 3 nitrogen and oxygen atoms in total. The number of amides is 1. The minimum absolute atomic E-state index is 0. The van der Waals surface area contributed by atoms with Crippen molar-refractivity contribution in [2.75, 3.05) is 13.1 Å². The zero-order valence-electron chi connectivity index (χ0n) is 8.71. The van der Waals surface area contributed by atoms with Crippen molar-refractivity contribution in [3.63, 3.8) is 0 Å². The zero-order chi connectivity index (χ0) is 12.2. The molecule has 0 spiro atoms. The Bertz CT molecular complexity index is 376. The summed E-state index contributed by atoms with van der Waals surface area (Å²) < 4.78 is 26.3. The average Bonchev–Trinajstić information content (AvgIpc) is 2.61. The Hall–Kier alpha value is -0.240. The first kappa shape index (κ1) is 16.8. The quantitative estimate of drug-likeness (QED) is 0.856. The molecule has 0 radical (unpaired) electrons. The van der Waals surface area contributed by atoms with Crippen LogP contribution in [-0.4, -0.2) is 24.9 Å². The van der Waals surface area contributed by atoms with Gasteiger partial charge in [-0.25, -0.2) is 8.78 Å². The van der Waals surface area contributed by atoms with Gasteiger partial charge >= 0.3 is 0 Å². The van der Waals surface area contributed by atoms with Crippen LogP contribution in [0.15, 0.2) is 15.9 Å². The minimum Gasteiger partial charge on any atom is -0.350 e. The maximum atomic E-state index is 12.7. The summed E-state index contributed by atoms with van der Waals surface area (Å²) in [5.41, 5.74) is 4.84. The lowest BCUT2D eigenvalue weighted by Gasteiger charge is -2.14. The van der Waals surface area contributed by atoms with Crippen LogP contribution in [0.2, 0.25) is 0 Å². The van der Waals surface area contributed by atoms with Crippen LogP contribution in [0.25, 0.3) is 0 Å². The molecule has 0 aromatic carbocycles. The van der Waals surface area contributed by atoms with Crippen molar-refractivity contribution in [1.82, 2.24) is 5.32 Å². The average molecular weight is 350 g/mol. The normalized spacial score (nSPS) is 10.8. The van der Waals surface area contributed by atoms with Crippen molar-refractivity contribution in [2.24, 2.45) is 5.73 Å². The predicted molar refractivity (Wildman–Crippen MR) is 70.0 cm³/mol. The van der Waals surface area contributed by atoms with Gasteiger partial charge in [0.15, 0.2) is 0 Å². The Morgan fingerprint density at radius 3 is 2.65 bits per heavy atom. The molecule has 1 rings (SSSR count). The highest BCUT2D eigenvalue weighted by Gasteiger charge is 2.27. The van der Waals surface area contributed by atoms with Crippen LogP contribution in [0.1, 0.15) is 4.88 Å². The second kappa shape index (κ2) is 7.25. The molecule has 1 aromatic heterocycles. The highest BCUT2D eigenvalue weighted by Crippen LogP contribution is 2.22. The molecule has 0 saturated carbocycles. The van der Waals surface area contributed by atoms with Crippen LogP contribution < -0.4 is 11.1 Å². The van der Waals surface area contributed by atoms with Crippen LogP contribution in [0.5, 0.6) is 0 Å². The van der Waals surface area contributed by atoms with Crippen molar-refractivity contribution in [3.8, 4) is 0 Å². The lowest BCUT2D eigenvalue weighted by molar-refractivity contribution is -0.122. The third kappa shape index (κ3) is 6.30. The number of nitrogens with one attached hydrogen (secondary N) is 1. The number of hydrogen-bond acceptors (Lipinski definition) is 3. The fourth-order valence-corrected chi connectivity index (χ4v) is 2.45. The summed E-state index contributed by atoms with van der Waals surface area (Å²) in [6, 6.07) is 3.58. The van der Waals surface area contributed by atoms with E-state index in [4.69, 9.17) is 5.73 Å². The number of nitrogens with two attached hydrogens (primary N) is 1. The number of carbonyl (C=O) groups excluding carboxylic acids is 1. The second-order valence-corrected chi connectivity index (χ2v) is 5.77. The van der Waals surface area contributed by atoms with E-state index in [0.29, 0.717) is 0 Å². The van der Waals surface area contributed by atoms with Crippen molar-refractivity contribution >= 4 is 45.6 Å². The first-order valence-electron chi connectivity index (χ1n) is 4.52. The molecule has 0 aliphatic carbocycles. The van der Waals surface area contributed by atoms with Gasteiger partial charge in [-0.3, -0.25) is 4.79 Å². The highest BCUT2D eigenvalue weighted by molar-refractivity contribution is 9.11. The zero-order valence-corrected chi connectivity index (χ0v) is 11.9. The molecule has 0 bridgehead atoms. The molecule has 3 N–H and O–H groups in total. The fraction of sp³-hybridized carbons (Fsp3) is 0.444. The number of halogens is 4. The van der Waals surface area contributed by atoms with Gasteiger partial charge in [0.05, 0.1) is 23.3 Å². The van der Waals surface area contributed by atoms with Crippen LogP contribution in [0.4, 0.5) is 8.78 Å². The summed E-state index contributed by atoms with van der Waals surface area (Å²) in [4.78, 5) is 12.1. The van der Waals surface area contributed by atoms with Crippen LogP contribution in [0, 0.1) is 0 Å². The molecule has 0 saturated heterocycles. The second-order valence-electron chi connectivity index (χ2n) is 3.22. The van der Waals surface area contributed by atoms with Gasteiger partial charge in [-0.05, 0) is 28.1 Å². The summed E-state index contributed by atoms with van der Waals surface area (Å²) in [6.07, 6.45) is 0.108. The van der Waals surface area contributed by atoms with Gasteiger partial charge in [-0.15, -0.1) is 23.7 Å². The third-order valence-electron chi connectivity index (χ3n) is 1.81. The van der Waals surface area contributed by atoms with Gasteiger partial charge in [-0.2, -0.15) is 0 Å². The van der Waals surface area contributed by atoms with Crippen LogP contribution in [-0.2, 0) is 11.2 Å². The predicted octanol–water partition coefficient (Wildman–Crippen LogP) is 2.19. The first-order chi connectivity index (χ1) is 7.43. The summed E-state index contributed by atoms with van der Waals surface area (Å²) in [5.74, 6) is -3.46. The fourth-order valence-electron chi connectivity index (χ4n) is 0.968. The number of thiophene rings is 1. The molecular formula is C9H12BrClF2N2OS. The standard InChI is InChI=1S/C9H11BrF2N2OS.ClH/c10-7-2-1-6(16-7)3-8(15)14-5-9(11,12)4-13;/h1-2H,3-5,13H2,(H,14,15);1H. The van der Waals surface area contributed by atoms with E-state index in [1.54, 1.807) is 6.07 Å². The number of hydrogen-bond donors (Lipinski definition) is 2. The topological polar surface area (TPSA) is 55.1 Å². The molecule has 17 heavy (non-hydrogen) atoms. The van der Waals surface area contributed by atoms with Gasteiger partial charge < -0.3 is 11.1 Å². The van der Waals surface area contributed by atoms with Crippen molar-refractivity contribution < 1.29 is 13.6 Å². The van der Waals surface area contributed by atoms with E-state index < -0.39 is 24.9 Å². The van der Waals surface area contributed by atoms with Gasteiger partial charge in [0.2, 0.25) is 5.91 Å². The summed E-state index contributed by atoms with van der Waals surface area (Å²) in [7, 11) is 0. The molecule has 8 heteroatoms. The number of carbonyl (C=O) groups is 1. The van der Waals surface area contributed by atoms with E-state index >= 15 is 0 Å². The summed E-state index contributed by atoms with van der Waals surface area (Å²) in [6.45, 7) is -1.48.